The van der Waals surface area contributed by atoms with Crippen LogP contribution in [-0.2, 0) is 9.47 Å². The lowest BCUT2D eigenvalue weighted by Gasteiger charge is -2.39. The zero-order chi connectivity index (χ0) is 16.4. The first kappa shape index (κ1) is 16.3. The van der Waals surface area contributed by atoms with Crippen molar-refractivity contribution in [3.05, 3.63) is 34.9 Å². The van der Waals surface area contributed by atoms with Crippen LogP contribution in [-0.4, -0.2) is 61.3 Å². The largest absolute Gasteiger partial charge is 0.448 e. The van der Waals surface area contributed by atoms with Crippen molar-refractivity contribution in [2.24, 2.45) is 0 Å². The molecule has 0 aliphatic carbocycles. The minimum Gasteiger partial charge on any atom is -0.448 e. The van der Waals surface area contributed by atoms with Crippen molar-refractivity contribution in [1.82, 2.24) is 9.80 Å². The van der Waals surface area contributed by atoms with Crippen LogP contribution in [0.1, 0.15) is 29.7 Å². The van der Waals surface area contributed by atoms with Gasteiger partial charge >= 0.3 is 6.09 Å². The first-order valence-corrected chi connectivity index (χ1v) is 8.39. The Kier molecular flexibility index (Phi) is 4.87. The van der Waals surface area contributed by atoms with Gasteiger partial charge in [0.25, 0.3) is 0 Å². The second-order valence-electron chi connectivity index (χ2n) is 6.63. The third kappa shape index (κ3) is 3.67. The minimum absolute atomic E-state index is 0.108. The highest BCUT2D eigenvalue weighted by atomic mass is 16.6. The average Bonchev–Trinajstić information content (AvgIpc) is 2.94. The van der Waals surface area contributed by atoms with Gasteiger partial charge in [0.2, 0.25) is 0 Å². The molecule has 126 valence electrons. The van der Waals surface area contributed by atoms with E-state index in [4.69, 9.17) is 9.47 Å². The van der Waals surface area contributed by atoms with Gasteiger partial charge in [-0.2, -0.15) is 0 Å². The lowest BCUT2D eigenvalue weighted by atomic mass is 9.99. The number of nitrogens with zero attached hydrogens (tertiary/aromatic N) is 2. The summed E-state index contributed by atoms with van der Waals surface area (Å²) in [5.41, 5.74) is 3.82. The van der Waals surface area contributed by atoms with Crippen molar-refractivity contribution in [3.63, 3.8) is 0 Å². The van der Waals surface area contributed by atoms with Crippen molar-refractivity contribution < 1.29 is 14.3 Å². The van der Waals surface area contributed by atoms with Gasteiger partial charge in [-0.15, -0.1) is 0 Å². The monoisotopic (exact) mass is 318 g/mol. The van der Waals surface area contributed by atoms with Crippen molar-refractivity contribution in [2.45, 2.75) is 32.9 Å². The summed E-state index contributed by atoms with van der Waals surface area (Å²) in [7, 11) is 0. The maximum atomic E-state index is 11.6. The van der Waals surface area contributed by atoms with E-state index in [2.05, 4.69) is 43.9 Å². The Morgan fingerprint density at radius 3 is 2.83 bits per heavy atom. The Balaban J connectivity index is 1.64. The summed E-state index contributed by atoms with van der Waals surface area (Å²) in [5.74, 6) is 0. The van der Waals surface area contributed by atoms with E-state index >= 15 is 0 Å². The number of hydrogen-bond donors (Lipinski definition) is 0. The number of benzene rings is 1. The van der Waals surface area contributed by atoms with Crippen LogP contribution >= 0.6 is 0 Å². The molecule has 2 heterocycles. The summed E-state index contributed by atoms with van der Waals surface area (Å²) in [4.78, 5) is 15.8. The number of amides is 1. The summed E-state index contributed by atoms with van der Waals surface area (Å²) in [6.07, 6.45) is -0.0754. The van der Waals surface area contributed by atoms with Gasteiger partial charge in [-0.05, 0) is 31.9 Å². The van der Waals surface area contributed by atoms with Crippen molar-refractivity contribution in [3.8, 4) is 0 Å². The molecule has 2 aliphatic rings. The Morgan fingerprint density at radius 1 is 1.26 bits per heavy atom. The molecule has 0 aromatic heterocycles. The molecule has 0 spiro atoms. The zero-order valence-electron chi connectivity index (χ0n) is 14.2. The van der Waals surface area contributed by atoms with E-state index in [9.17, 15) is 4.79 Å². The van der Waals surface area contributed by atoms with Crippen LogP contribution in [0.4, 0.5) is 4.79 Å². The SMILES string of the molecule is Cc1ccc(C)c(C2CN(CCN3CCOC3=O)C(C)CO2)c1. The van der Waals surface area contributed by atoms with E-state index < -0.39 is 0 Å². The molecule has 2 unspecified atom stereocenters. The quantitative estimate of drug-likeness (QED) is 0.855. The van der Waals surface area contributed by atoms with Crippen LogP contribution < -0.4 is 0 Å². The number of cyclic esters (lactones) is 1. The molecule has 1 aromatic carbocycles. The van der Waals surface area contributed by atoms with Crippen LogP contribution in [0.5, 0.6) is 0 Å². The lowest BCUT2D eigenvalue weighted by molar-refractivity contribution is -0.0611. The van der Waals surface area contributed by atoms with Crippen molar-refractivity contribution in [1.29, 1.82) is 0 Å². The standard InChI is InChI=1S/C18H26N2O3/c1-13-4-5-14(2)16(10-13)17-11-20(15(3)12-23-17)7-6-19-8-9-22-18(19)21/h4-5,10,15,17H,6-9,11-12H2,1-3H3. The zero-order valence-corrected chi connectivity index (χ0v) is 14.2. The smallest absolute Gasteiger partial charge is 0.409 e. The van der Waals surface area contributed by atoms with E-state index in [1.54, 1.807) is 4.90 Å². The molecule has 1 aromatic rings. The van der Waals surface area contributed by atoms with Gasteiger partial charge in [-0.25, -0.2) is 4.79 Å². The molecular formula is C18H26N2O3. The Hall–Kier alpha value is -1.59. The summed E-state index contributed by atoms with van der Waals surface area (Å²) in [6, 6.07) is 6.90. The first-order valence-electron chi connectivity index (χ1n) is 8.39. The predicted molar refractivity (Wildman–Crippen MR) is 88.6 cm³/mol. The third-order valence-corrected chi connectivity index (χ3v) is 4.85. The number of ether oxygens (including phenoxy) is 2. The summed E-state index contributed by atoms with van der Waals surface area (Å²) < 4.78 is 11.1. The highest BCUT2D eigenvalue weighted by Crippen LogP contribution is 2.28. The van der Waals surface area contributed by atoms with Gasteiger partial charge in [-0.1, -0.05) is 23.8 Å². The summed E-state index contributed by atoms with van der Waals surface area (Å²) in [6.45, 7) is 10.8. The molecule has 2 atom stereocenters. The van der Waals surface area contributed by atoms with Crippen LogP contribution in [0.3, 0.4) is 0 Å². The number of carbonyl (C=O) groups excluding carboxylic acids is 1. The number of aryl methyl sites for hydroxylation is 2. The topological polar surface area (TPSA) is 42.0 Å². The van der Waals surface area contributed by atoms with Crippen LogP contribution in [0.25, 0.3) is 0 Å². The fourth-order valence-corrected chi connectivity index (χ4v) is 3.29. The molecule has 0 N–H and O–H groups in total. The number of hydrogen-bond acceptors (Lipinski definition) is 4. The van der Waals surface area contributed by atoms with Gasteiger partial charge in [0.15, 0.2) is 0 Å². The molecule has 0 radical (unpaired) electrons. The molecule has 0 bridgehead atoms. The second kappa shape index (κ2) is 6.89. The molecule has 3 rings (SSSR count). The molecule has 5 heteroatoms. The maximum Gasteiger partial charge on any atom is 0.409 e. The minimum atomic E-state index is -0.183. The fourth-order valence-electron chi connectivity index (χ4n) is 3.29. The van der Waals surface area contributed by atoms with E-state index in [0.29, 0.717) is 19.2 Å². The van der Waals surface area contributed by atoms with E-state index in [-0.39, 0.29) is 12.2 Å². The fraction of sp³-hybridized carbons (Fsp3) is 0.611. The first-order chi connectivity index (χ1) is 11.0. The third-order valence-electron chi connectivity index (χ3n) is 4.85. The molecule has 23 heavy (non-hydrogen) atoms. The normalized spacial score (nSPS) is 25.7. The average molecular weight is 318 g/mol. The Morgan fingerprint density at radius 2 is 2.09 bits per heavy atom. The van der Waals surface area contributed by atoms with Crippen LogP contribution in [0.2, 0.25) is 0 Å². The predicted octanol–water partition coefficient (Wildman–Crippen LogP) is 2.52. The van der Waals surface area contributed by atoms with Crippen LogP contribution in [0, 0.1) is 13.8 Å². The molecule has 0 saturated carbocycles. The Labute approximate surface area is 138 Å². The maximum absolute atomic E-state index is 11.6. The number of morpholine rings is 1. The number of rotatable bonds is 4. The molecule has 1 amide bonds. The van der Waals surface area contributed by atoms with Gasteiger partial charge in [0.05, 0.1) is 19.3 Å². The van der Waals surface area contributed by atoms with E-state index in [1.165, 1.54) is 16.7 Å². The van der Waals surface area contributed by atoms with E-state index in [1.807, 2.05) is 0 Å². The molecular weight excluding hydrogens is 292 g/mol. The van der Waals surface area contributed by atoms with Crippen molar-refractivity contribution in [2.75, 3.05) is 39.4 Å². The molecule has 2 aliphatic heterocycles. The van der Waals surface area contributed by atoms with Gasteiger partial charge < -0.3 is 14.4 Å². The highest BCUT2D eigenvalue weighted by molar-refractivity contribution is 5.69. The number of carbonyl (C=O) groups is 1. The lowest BCUT2D eigenvalue weighted by Crippen LogP contribution is -2.48. The Bertz CT molecular complexity index is 575. The molecule has 2 fully saturated rings. The van der Waals surface area contributed by atoms with Gasteiger partial charge in [0, 0.05) is 25.7 Å². The second-order valence-corrected chi connectivity index (χ2v) is 6.63. The highest BCUT2D eigenvalue weighted by Gasteiger charge is 2.29. The molecule has 5 nitrogen and oxygen atoms in total. The van der Waals surface area contributed by atoms with E-state index in [0.717, 1.165) is 26.2 Å². The molecule has 2 saturated heterocycles. The van der Waals surface area contributed by atoms with Gasteiger partial charge in [-0.3, -0.25) is 4.90 Å². The van der Waals surface area contributed by atoms with Crippen molar-refractivity contribution >= 4 is 6.09 Å². The summed E-state index contributed by atoms with van der Waals surface area (Å²) in [5, 5.41) is 0. The summed E-state index contributed by atoms with van der Waals surface area (Å²) >= 11 is 0. The van der Waals surface area contributed by atoms with Gasteiger partial charge in [0.1, 0.15) is 6.61 Å². The van der Waals surface area contributed by atoms with Crippen LogP contribution in [0.15, 0.2) is 18.2 Å².